The zero-order valence-electron chi connectivity index (χ0n) is 25.4. The fourth-order valence-corrected chi connectivity index (χ4v) is 5.20. The number of anilines is 2. The molecule has 0 saturated heterocycles. The number of rotatable bonds is 6. The minimum Gasteiger partial charge on any atom is -0.497 e. The molecule has 5 rings (SSSR count). The molecule has 0 spiro atoms. The Kier molecular flexibility index (Phi) is 7.78. The van der Waals surface area contributed by atoms with Crippen LogP contribution in [-0.4, -0.2) is 7.11 Å². The van der Waals surface area contributed by atoms with Crippen LogP contribution in [0.1, 0.15) is 52.7 Å². The highest BCUT2D eigenvalue weighted by Gasteiger charge is 2.18. The van der Waals surface area contributed by atoms with Gasteiger partial charge in [0.2, 0.25) is 0 Å². The third-order valence-corrected chi connectivity index (χ3v) is 7.71. The lowest BCUT2D eigenvalue weighted by molar-refractivity contribution is 0.415. The molecular formula is C39H41NO. The summed E-state index contributed by atoms with van der Waals surface area (Å²) in [6.07, 6.45) is 0. The molecular weight excluding hydrogens is 498 g/mol. The Balaban J connectivity index is 1.66. The lowest BCUT2D eigenvalue weighted by Crippen LogP contribution is -2.10. The van der Waals surface area contributed by atoms with Gasteiger partial charge in [0.05, 0.1) is 12.8 Å². The molecule has 0 amide bonds. The maximum Gasteiger partial charge on any atom is 0.121 e. The largest absolute Gasteiger partial charge is 0.497 e. The summed E-state index contributed by atoms with van der Waals surface area (Å²) in [6, 6.07) is 41.4. The number of hydrogen-bond acceptors (Lipinski definition) is 2. The quantitative estimate of drug-likeness (QED) is 0.232. The number of benzene rings is 5. The first-order valence-corrected chi connectivity index (χ1v) is 14.4. The van der Waals surface area contributed by atoms with Gasteiger partial charge in [-0.1, -0.05) is 139 Å². The Hall–Kier alpha value is -4.30. The first-order valence-electron chi connectivity index (χ1n) is 14.4. The highest BCUT2D eigenvalue weighted by Crippen LogP contribution is 2.41. The highest BCUT2D eigenvalue weighted by atomic mass is 16.5. The third-order valence-electron chi connectivity index (χ3n) is 7.71. The summed E-state index contributed by atoms with van der Waals surface area (Å²) < 4.78 is 5.73. The van der Waals surface area contributed by atoms with Crippen LogP contribution in [-0.2, 0) is 10.8 Å². The van der Waals surface area contributed by atoms with Crippen molar-refractivity contribution in [1.29, 1.82) is 0 Å². The molecule has 208 valence electrons. The van der Waals surface area contributed by atoms with E-state index in [9.17, 15) is 0 Å². The van der Waals surface area contributed by atoms with Gasteiger partial charge in [0.25, 0.3) is 0 Å². The lowest BCUT2D eigenvalue weighted by atomic mass is 9.85. The predicted octanol–water partition coefficient (Wildman–Crippen LogP) is 11.0. The molecule has 0 radical (unpaired) electrons. The molecule has 2 nitrogen and oxygen atoms in total. The first-order chi connectivity index (χ1) is 19.5. The molecule has 5 aromatic rings. The van der Waals surface area contributed by atoms with E-state index in [2.05, 4.69) is 156 Å². The van der Waals surface area contributed by atoms with Crippen molar-refractivity contribution in [2.24, 2.45) is 0 Å². The van der Waals surface area contributed by atoms with E-state index in [-0.39, 0.29) is 10.8 Å². The van der Waals surface area contributed by atoms with Crippen LogP contribution in [0.2, 0.25) is 0 Å². The van der Waals surface area contributed by atoms with E-state index >= 15 is 0 Å². The van der Waals surface area contributed by atoms with Crippen molar-refractivity contribution in [3.05, 3.63) is 126 Å². The van der Waals surface area contributed by atoms with E-state index in [1.165, 1.54) is 22.3 Å². The molecule has 0 heterocycles. The van der Waals surface area contributed by atoms with Crippen LogP contribution in [0.25, 0.3) is 33.4 Å². The second kappa shape index (κ2) is 11.3. The Morgan fingerprint density at radius 3 is 1.46 bits per heavy atom. The standard InChI is InChI=1S/C39H41NO/c1-38(2,3)31-20-16-28(17-21-31)35-14-11-15-36(29-18-22-32(23-19-29)39(4,5)6)37(35)40-33-24-30(25-34(26-33)41-7)27-12-9-8-10-13-27/h8-26,40H,1-7H3. The molecule has 0 aliphatic rings. The maximum atomic E-state index is 5.73. The van der Waals surface area contributed by atoms with E-state index in [4.69, 9.17) is 4.74 Å². The average Bonchev–Trinajstić information content (AvgIpc) is 2.97. The molecule has 5 aromatic carbocycles. The molecule has 1 N–H and O–H groups in total. The van der Waals surface area contributed by atoms with Gasteiger partial charge >= 0.3 is 0 Å². The van der Waals surface area contributed by atoms with Gasteiger partial charge in [-0.15, -0.1) is 0 Å². The second-order valence-electron chi connectivity index (χ2n) is 12.8. The van der Waals surface area contributed by atoms with Crippen LogP contribution < -0.4 is 10.1 Å². The summed E-state index contributed by atoms with van der Waals surface area (Å²) in [5.74, 6) is 0.817. The van der Waals surface area contributed by atoms with Crippen LogP contribution >= 0.6 is 0 Å². The number of hydrogen-bond donors (Lipinski definition) is 1. The van der Waals surface area contributed by atoms with Gasteiger partial charge in [0.1, 0.15) is 5.75 Å². The average molecular weight is 540 g/mol. The van der Waals surface area contributed by atoms with Crippen molar-refractivity contribution in [2.75, 3.05) is 12.4 Å². The molecule has 0 unspecified atom stereocenters. The third kappa shape index (κ3) is 6.38. The predicted molar refractivity (Wildman–Crippen MR) is 176 cm³/mol. The molecule has 0 fully saturated rings. The molecule has 2 heteroatoms. The Labute approximate surface area is 246 Å². The lowest BCUT2D eigenvalue weighted by Gasteiger charge is -2.22. The van der Waals surface area contributed by atoms with Crippen LogP contribution in [0.15, 0.2) is 115 Å². The summed E-state index contributed by atoms with van der Waals surface area (Å²) in [5, 5.41) is 3.83. The van der Waals surface area contributed by atoms with Gasteiger partial charge in [-0.05, 0) is 56.3 Å². The molecule has 0 aliphatic carbocycles. The SMILES string of the molecule is COc1cc(Nc2c(-c3ccc(C(C)(C)C)cc3)cccc2-c2ccc(C(C)(C)C)cc2)cc(-c2ccccc2)c1. The molecule has 0 atom stereocenters. The summed E-state index contributed by atoms with van der Waals surface area (Å²) in [6.45, 7) is 13.5. The van der Waals surface area contributed by atoms with E-state index in [0.29, 0.717) is 0 Å². The van der Waals surface area contributed by atoms with Crippen molar-refractivity contribution < 1.29 is 4.74 Å². The van der Waals surface area contributed by atoms with Crippen molar-refractivity contribution in [1.82, 2.24) is 0 Å². The second-order valence-corrected chi connectivity index (χ2v) is 12.8. The summed E-state index contributed by atoms with van der Waals surface area (Å²) >= 11 is 0. The summed E-state index contributed by atoms with van der Waals surface area (Å²) in [4.78, 5) is 0. The number of para-hydroxylation sites is 1. The molecule has 41 heavy (non-hydrogen) atoms. The van der Waals surface area contributed by atoms with Crippen molar-refractivity contribution in [3.8, 4) is 39.1 Å². The number of methoxy groups -OCH3 is 1. The van der Waals surface area contributed by atoms with Crippen LogP contribution in [0.4, 0.5) is 11.4 Å². The monoisotopic (exact) mass is 539 g/mol. The van der Waals surface area contributed by atoms with Gasteiger partial charge in [0.15, 0.2) is 0 Å². The highest BCUT2D eigenvalue weighted by molar-refractivity contribution is 5.93. The normalized spacial score (nSPS) is 11.8. The van der Waals surface area contributed by atoms with E-state index in [0.717, 1.165) is 39.4 Å². The minimum atomic E-state index is 0.102. The topological polar surface area (TPSA) is 21.3 Å². The Bertz CT molecular complexity index is 1540. The minimum absolute atomic E-state index is 0.102. The van der Waals surface area contributed by atoms with Gasteiger partial charge in [-0.2, -0.15) is 0 Å². The fourth-order valence-electron chi connectivity index (χ4n) is 5.20. The van der Waals surface area contributed by atoms with Crippen LogP contribution in [0, 0.1) is 0 Å². The first kappa shape index (κ1) is 28.2. The van der Waals surface area contributed by atoms with E-state index in [1.54, 1.807) is 7.11 Å². The van der Waals surface area contributed by atoms with Crippen molar-refractivity contribution in [2.45, 2.75) is 52.4 Å². The van der Waals surface area contributed by atoms with Gasteiger partial charge < -0.3 is 10.1 Å². The number of ether oxygens (including phenoxy) is 1. The number of nitrogens with one attached hydrogen (secondary N) is 1. The molecule has 0 aliphatic heterocycles. The van der Waals surface area contributed by atoms with Crippen molar-refractivity contribution >= 4 is 11.4 Å². The van der Waals surface area contributed by atoms with Crippen LogP contribution in [0.5, 0.6) is 5.75 Å². The van der Waals surface area contributed by atoms with E-state index < -0.39 is 0 Å². The van der Waals surface area contributed by atoms with E-state index in [1.807, 2.05) is 6.07 Å². The zero-order chi connectivity index (χ0) is 29.2. The van der Waals surface area contributed by atoms with Gasteiger partial charge in [0, 0.05) is 22.9 Å². The summed E-state index contributed by atoms with van der Waals surface area (Å²) in [7, 11) is 1.72. The van der Waals surface area contributed by atoms with Gasteiger partial charge in [-0.3, -0.25) is 0 Å². The van der Waals surface area contributed by atoms with Crippen molar-refractivity contribution in [3.63, 3.8) is 0 Å². The molecule has 0 saturated carbocycles. The summed E-state index contributed by atoms with van der Waals surface area (Å²) in [5.41, 5.74) is 11.8. The Morgan fingerprint density at radius 1 is 0.488 bits per heavy atom. The maximum absolute atomic E-state index is 5.73. The zero-order valence-corrected chi connectivity index (χ0v) is 25.4. The van der Waals surface area contributed by atoms with Gasteiger partial charge in [-0.25, -0.2) is 0 Å². The smallest absolute Gasteiger partial charge is 0.121 e. The molecule has 0 bridgehead atoms. The molecule has 0 aromatic heterocycles. The van der Waals surface area contributed by atoms with Crippen LogP contribution in [0.3, 0.4) is 0 Å². The Morgan fingerprint density at radius 2 is 1.00 bits per heavy atom. The fraction of sp³-hybridized carbons (Fsp3) is 0.231.